The third-order valence-corrected chi connectivity index (χ3v) is 3.99. The second-order valence-corrected chi connectivity index (χ2v) is 6.35. The highest BCUT2D eigenvalue weighted by Gasteiger charge is 2.06. The van der Waals surface area contributed by atoms with E-state index in [9.17, 15) is 0 Å². The molecule has 0 aliphatic rings. The maximum atomic E-state index is 8.92. The van der Waals surface area contributed by atoms with Crippen LogP contribution in [-0.2, 0) is 11.2 Å². The first-order valence-electron chi connectivity index (χ1n) is 8.56. The summed E-state index contributed by atoms with van der Waals surface area (Å²) in [5.41, 5.74) is 2.28. The summed E-state index contributed by atoms with van der Waals surface area (Å²) in [6.07, 6.45) is 0.778. The van der Waals surface area contributed by atoms with E-state index in [1.165, 1.54) is 5.56 Å². The van der Waals surface area contributed by atoms with E-state index in [4.69, 9.17) is 26.2 Å². The van der Waals surface area contributed by atoms with Gasteiger partial charge < -0.3 is 19.9 Å². The average molecular weight is 364 g/mol. The Hall–Kier alpha value is -1.59. The summed E-state index contributed by atoms with van der Waals surface area (Å²) in [5, 5.41) is 12.8. The molecule has 4 nitrogen and oxygen atoms in total. The zero-order chi connectivity index (χ0) is 17.9. The highest BCUT2D eigenvalue weighted by Crippen LogP contribution is 2.25. The maximum Gasteiger partial charge on any atom is 0.123 e. The van der Waals surface area contributed by atoms with E-state index in [0.717, 1.165) is 17.7 Å². The van der Waals surface area contributed by atoms with Gasteiger partial charge in [-0.3, -0.25) is 0 Å². The summed E-state index contributed by atoms with van der Waals surface area (Å²) in [4.78, 5) is 0. The van der Waals surface area contributed by atoms with Crippen LogP contribution >= 0.6 is 11.6 Å². The first-order valence-corrected chi connectivity index (χ1v) is 8.94. The van der Waals surface area contributed by atoms with Crippen LogP contribution in [0.2, 0.25) is 5.02 Å². The quantitative estimate of drug-likeness (QED) is 0.601. The average Bonchev–Trinajstić information content (AvgIpc) is 2.63. The molecule has 2 rings (SSSR count). The molecule has 1 atom stereocenters. The number of hydrogen-bond acceptors (Lipinski definition) is 4. The third kappa shape index (κ3) is 7.45. The fourth-order valence-corrected chi connectivity index (χ4v) is 2.59. The predicted octanol–water partition coefficient (Wildman–Crippen LogP) is 3.30. The molecule has 0 aromatic heterocycles. The van der Waals surface area contributed by atoms with E-state index in [1.807, 2.05) is 43.3 Å². The van der Waals surface area contributed by atoms with E-state index < -0.39 is 0 Å². The Morgan fingerprint density at radius 1 is 1.08 bits per heavy atom. The number of halogens is 1. The van der Waals surface area contributed by atoms with Gasteiger partial charge >= 0.3 is 0 Å². The normalized spacial score (nSPS) is 12.1. The Morgan fingerprint density at radius 3 is 2.64 bits per heavy atom. The van der Waals surface area contributed by atoms with Crippen LogP contribution < -0.4 is 10.1 Å². The lowest BCUT2D eigenvalue weighted by molar-refractivity contribution is 0.0986. The van der Waals surface area contributed by atoms with Crippen LogP contribution in [0.4, 0.5) is 0 Å². The second kappa shape index (κ2) is 11.1. The van der Waals surface area contributed by atoms with Crippen molar-refractivity contribution >= 4 is 11.6 Å². The SMILES string of the molecule is CC(CO)NCCOCCOc1ccc(Cl)cc1Cc1ccccc1. The van der Waals surface area contributed by atoms with Crippen LogP contribution in [0.1, 0.15) is 18.1 Å². The van der Waals surface area contributed by atoms with Crippen LogP contribution in [0.5, 0.6) is 5.75 Å². The third-order valence-electron chi connectivity index (χ3n) is 3.76. The number of hydrogen-bond donors (Lipinski definition) is 2. The van der Waals surface area contributed by atoms with Gasteiger partial charge in [-0.25, -0.2) is 0 Å². The van der Waals surface area contributed by atoms with Crippen molar-refractivity contribution in [2.75, 3.05) is 33.0 Å². The summed E-state index contributed by atoms with van der Waals surface area (Å²) in [6, 6.07) is 16.0. The lowest BCUT2D eigenvalue weighted by atomic mass is 10.0. The van der Waals surface area contributed by atoms with Gasteiger partial charge in [0.05, 0.1) is 19.8 Å². The lowest BCUT2D eigenvalue weighted by Gasteiger charge is -2.13. The maximum absolute atomic E-state index is 8.92. The molecule has 0 bridgehead atoms. The summed E-state index contributed by atoms with van der Waals surface area (Å²) >= 11 is 6.13. The Morgan fingerprint density at radius 2 is 1.88 bits per heavy atom. The van der Waals surface area contributed by atoms with Crippen molar-refractivity contribution in [2.45, 2.75) is 19.4 Å². The number of aliphatic hydroxyl groups excluding tert-OH is 1. The Bertz CT molecular complexity index is 622. The van der Waals surface area contributed by atoms with Gasteiger partial charge in [0.15, 0.2) is 0 Å². The number of rotatable bonds is 11. The van der Waals surface area contributed by atoms with Crippen LogP contribution in [0.15, 0.2) is 48.5 Å². The molecule has 0 aliphatic heterocycles. The minimum atomic E-state index is 0.0921. The molecule has 136 valence electrons. The van der Waals surface area contributed by atoms with Crippen molar-refractivity contribution in [3.63, 3.8) is 0 Å². The summed E-state index contributed by atoms with van der Waals surface area (Å²) in [7, 11) is 0. The van der Waals surface area contributed by atoms with Crippen molar-refractivity contribution in [1.82, 2.24) is 5.32 Å². The van der Waals surface area contributed by atoms with Crippen LogP contribution in [0, 0.1) is 0 Å². The van der Waals surface area contributed by atoms with Crippen molar-refractivity contribution in [2.24, 2.45) is 0 Å². The van der Waals surface area contributed by atoms with Crippen molar-refractivity contribution in [1.29, 1.82) is 0 Å². The first-order chi connectivity index (χ1) is 12.2. The molecule has 1 unspecified atom stereocenters. The number of aliphatic hydroxyl groups is 1. The van der Waals surface area contributed by atoms with Gasteiger partial charge in [-0.2, -0.15) is 0 Å². The molecule has 2 aromatic carbocycles. The van der Waals surface area contributed by atoms with Crippen molar-refractivity contribution in [3.05, 3.63) is 64.7 Å². The van der Waals surface area contributed by atoms with Gasteiger partial charge in [0.25, 0.3) is 0 Å². The molecule has 0 amide bonds. The van der Waals surface area contributed by atoms with Crippen LogP contribution in [0.25, 0.3) is 0 Å². The molecular formula is C20H26ClNO3. The van der Waals surface area contributed by atoms with E-state index in [0.29, 0.717) is 31.4 Å². The minimum absolute atomic E-state index is 0.0921. The van der Waals surface area contributed by atoms with Gasteiger partial charge in [0.1, 0.15) is 12.4 Å². The smallest absolute Gasteiger partial charge is 0.123 e. The Balaban J connectivity index is 1.78. The number of ether oxygens (including phenoxy) is 2. The molecule has 0 saturated carbocycles. The molecule has 0 fully saturated rings. The Kier molecular flexibility index (Phi) is 8.77. The summed E-state index contributed by atoms with van der Waals surface area (Å²) in [5.74, 6) is 0.837. The number of nitrogens with one attached hydrogen (secondary N) is 1. The van der Waals surface area contributed by atoms with Gasteiger partial charge in [-0.1, -0.05) is 41.9 Å². The summed E-state index contributed by atoms with van der Waals surface area (Å²) < 4.78 is 11.4. The number of benzene rings is 2. The molecule has 0 heterocycles. The van der Waals surface area contributed by atoms with Gasteiger partial charge in [0.2, 0.25) is 0 Å². The highest BCUT2D eigenvalue weighted by atomic mass is 35.5. The summed E-state index contributed by atoms with van der Waals surface area (Å²) in [6.45, 7) is 4.36. The van der Waals surface area contributed by atoms with E-state index in [1.54, 1.807) is 0 Å². The monoisotopic (exact) mass is 363 g/mol. The zero-order valence-corrected chi connectivity index (χ0v) is 15.3. The predicted molar refractivity (Wildman–Crippen MR) is 102 cm³/mol. The van der Waals surface area contributed by atoms with E-state index >= 15 is 0 Å². The molecule has 0 aliphatic carbocycles. The van der Waals surface area contributed by atoms with Gasteiger partial charge in [-0.05, 0) is 36.2 Å². The largest absolute Gasteiger partial charge is 0.491 e. The molecule has 2 N–H and O–H groups in total. The standard InChI is InChI=1S/C20H26ClNO3/c1-16(15-23)22-9-10-24-11-12-25-20-8-7-19(21)14-18(20)13-17-5-3-2-4-6-17/h2-8,14,16,22-23H,9-13,15H2,1H3. The van der Waals surface area contributed by atoms with Crippen LogP contribution in [-0.4, -0.2) is 44.1 Å². The fourth-order valence-electron chi connectivity index (χ4n) is 2.40. The molecule has 0 radical (unpaired) electrons. The topological polar surface area (TPSA) is 50.7 Å². The minimum Gasteiger partial charge on any atom is -0.491 e. The molecular weight excluding hydrogens is 338 g/mol. The lowest BCUT2D eigenvalue weighted by Crippen LogP contribution is -2.32. The zero-order valence-electron chi connectivity index (χ0n) is 14.6. The fraction of sp³-hybridized carbons (Fsp3) is 0.400. The molecule has 0 spiro atoms. The Labute approximate surface area is 154 Å². The first kappa shape index (κ1) is 19.7. The van der Waals surface area contributed by atoms with Crippen molar-refractivity contribution in [3.8, 4) is 5.75 Å². The van der Waals surface area contributed by atoms with Gasteiger partial charge in [-0.15, -0.1) is 0 Å². The molecule has 5 heteroatoms. The molecule has 0 saturated heterocycles. The van der Waals surface area contributed by atoms with E-state index in [2.05, 4.69) is 17.4 Å². The van der Waals surface area contributed by atoms with Crippen molar-refractivity contribution < 1.29 is 14.6 Å². The molecule has 25 heavy (non-hydrogen) atoms. The second-order valence-electron chi connectivity index (χ2n) is 5.91. The highest BCUT2D eigenvalue weighted by molar-refractivity contribution is 6.30. The van der Waals surface area contributed by atoms with Crippen LogP contribution in [0.3, 0.4) is 0 Å². The molecule has 2 aromatic rings. The van der Waals surface area contributed by atoms with Gasteiger partial charge in [0, 0.05) is 24.0 Å². The van der Waals surface area contributed by atoms with E-state index in [-0.39, 0.29) is 12.6 Å².